The Morgan fingerprint density at radius 3 is 1.56 bits per heavy atom. The van der Waals surface area contributed by atoms with Gasteiger partial charge in [-0.05, 0) is 200 Å². The first-order valence-corrected chi connectivity index (χ1v) is 32.7. The molecule has 3 aromatic heterocycles. The van der Waals surface area contributed by atoms with Crippen LogP contribution in [0, 0.1) is 44.4 Å². The minimum absolute atomic E-state index is 0.142. The number of fused-ring (bicyclic) bond motifs is 7. The Morgan fingerprint density at radius 1 is 0.396 bits per heavy atom. The van der Waals surface area contributed by atoms with Gasteiger partial charge in [-0.25, -0.2) is 4.98 Å². The van der Waals surface area contributed by atoms with Crippen molar-refractivity contribution < 1.29 is 4.74 Å². The molecule has 5 aliphatic rings. The van der Waals surface area contributed by atoms with Crippen molar-refractivity contribution in [3.63, 3.8) is 0 Å². The summed E-state index contributed by atoms with van der Waals surface area (Å²) in [6.07, 6.45) is 8.61. The summed E-state index contributed by atoms with van der Waals surface area (Å²) in [6.45, 7) is 7.26. The highest BCUT2D eigenvalue weighted by atomic mass is 16.5. The summed E-state index contributed by atoms with van der Waals surface area (Å²) < 4.78 is 12.2. The second kappa shape index (κ2) is 21.1. The van der Waals surface area contributed by atoms with Gasteiger partial charge in [-0.15, -0.1) is 0 Å². The molecule has 0 amide bonds. The van der Waals surface area contributed by atoms with Crippen molar-refractivity contribution in [1.82, 2.24) is 14.1 Å². The zero-order valence-corrected chi connectivity index (χ0v) is 51.6. The van der Waals surface area contributed by atoms with E-state index < -0.39 is 0 Å². The maximum Gasteiger partial charge on any atom is 0.137 e. The van der Waals surface area contributed by atoms with Crippen molar-refractivity contribution >= 4 is 66.4 Å². The number of benzene rings is 11. The van der Waals surface area contributed by atoms with Crippen LogP contribution in [0.2, 0.25) is 0 Å². The molecule has 440 valence electrons. The molecule has 91 heavy (non-hydrogen) atoms. The van der Waals surface area contributed by atoms with Crippen molar-refractivity contribution in [2.75, 3.05) is 16.5 Å². The van der Waals surface area contributed by atoms with Gasteiger partial charge < -0.3 is 19.1 Å². The fourth-order valence-corrected chi connectivity index (χ4v) is 18.1. The number of para-hydroxylation sites is 6. The van der Waals surface area contributed by atoms with Crippen molar-refractivity contribution in [2.24, 2.45) is 23.7 Å². The minimum atomic E-state index is -0.142. The van der Waals surface area contributed by atoms with Gasteiger partial charge in [0.25, 0.3) is 0 Å². The Bertz CT molecular complexity index is 5030. The predicted octanol–water partition coefficient (Wildman–Crippen LogP) is 22.0. The molecule has 4 saturated carbocycles. The molecule has 0 atom stereocenters. The Labute approximate surface area is 531 Å². The summed E-state index contributed by atoms with van der Waals surface area (Å²) in [4.78, 5) is 10.3. The van der Waals surface area contributed by atoms with E-state index in [-0.39, 0.29) is 5.41 Å². The van der Waals surface area contributed by atoms with Crippen LogP contribution in [-0.2, 0) is 5.41 Å². The maximum atomic E-state index is 7.36. The molecule has 14 aromatic rings. The average Bonchev–Trinajstić information content (AvgIpc) is 1.49. The molecular weight excluding hydrogens is 1110 g/mol. The molecule has 0 spiro atoms. The second-order valence-electron chi connectivity index (χ2n) is 26.5. The lowest BCUT2D eigenvalue weighted by Gasteiger charge is -2.62. The van der Waals surface area contributed by atoms with E-state index in [1.54, 1.807) is 0 Å². The van der Waals surface area contributed by atoms with Gasteiger partial charge >= 0.3 is 0 Å². The molecule has 4 heterocycles. The van der Waals surface area contributed by atoms with Crippen LogP contribution in [0.5, 0.6) is 11.5 Å². The van der Waals surface area contributed by atoms with E-state index in [9.17, 15) is 0 Å². The molecule has 0 N–H and O–H groups in total. The average molecular weight is 1180 g/mol. The smallest absolute Gasteiger partial charge is 0.137 e. The number of hydrogen-bond donors (Lipinski definition) is 0. The Balaban J connectivity index is 0.756. The molecule has 0 unspecified atom stereocenters. The molecule has 19 rings (SSSR count). The fraction of sp³-hybridized carbons (Fsp3) is 0.165. The van der Waals surface area contributed by atoms with E-state index in [4.69, 9.17) is 9.72 Å². The first-order chi connectivity index (χ1) is 44.8. The normalized spacial score (nSPS) is 19.1. The molecule has 1 aliphatic heterocycles. The van der Waals surface area contributed by atoms with E-state index in [2.05, 4.69) is 307 Å². The van der Waals surface area contributed by atoms with Crippen molar-refractivity contribution in [3.05, 3.63) is 295 Å². The quantitative estimate of drug-likeness (QED) is 0.129. The Morgan fingerprint density at radius 2 is 0.945 bits per heavy atom. The summed E-state index contributed by atoms with van der Waals surface area (Å²) in [5.41, 5.74) is 23.9. The van der Waals surface area contributed by atoms with Gasteiger partial charge in [-0.1, -0.05) is 175 Å². The van der Waals surface area contributed by atoms with E-state index in [1.807, 2.05) is 0 Å². The maximum absolute atomic E-state index is 7.36. The highest BCUT2D eigenvalue weighted by molar-refractivity contribution is 6.10. The summed E-state index contributed by atoms with van der Waals surface area (Å²) >= 11 is 0. The number of aromatic nitrogens is 3. The molecule has 4 bridgehead atoms. The third kappa shape index (κ3) is 8.55. The van der Waals surface area contributed by atoms with Crippen LogP contribution in [0.25, 0.3) is 88.5 Å². The van der Waals surface area contributed by atoms with Crippen molar-refractivity contribution in [2.45, 2.75) is 58.3 Å². The second-order valence-corrected chi connectivity index (χ2v) is 26.5. The van der Waals surface area contributed by atoms with Gasteiger partial charge in [0.1, 0.15) is 24.0 Å². The minimum Gasteiger partial charge on any atom is -0.457 e. The summed E-state index contributed by atoms with van der Waals surface area (Å²) in [5.74, 6) is 5.20. The monoisotopic (exact) mass is 1180 g/mol. The standard InChI is InChI=1S/C85H69N5O/c1-54-41-55(2)83(56(3)42-54)61-48-67(87-53-88(80-32-17-16-31-79(80)87)84-70(59-19-6-4-7-20-59)26-18-27-71(84)60-21-8-5-9-22-60)51-69(49-61)91-68-37-38-75-74-25-12-15-30-78(74)90(81(75)52-68)82-50-63(39-40-86-82)85(64-44-57-43-58(46-64)47-65(85)45-57)62-33-35-66(36-34-62)89-76-28-13-10-23-72(76)73-24-11-14-29-77(73)89/h4-42,48-52,57-58,64-65H,43-47,53H2,1-3H3. The highest BCUT2D eigenvalue weighted by Crippen LogP contribution is 2.65. The number of ether oxygens (including phenoxy) is 1. The van der Waals surface area contributed by atoms with E-state index in [1.165, 1.54) is 132 Å². The molecule has 6 nitrogen and oxygen atoms in total. The summed E-state index contributed by atoms with van der Waals surface area (Å²) in [6, 6.07) is 96.6. The van der Waals surface area contributed by atoms with Crippen molar-refractivity contribution in [3.8, 4) is 56.4 Å². The number of rotatable bonds is 11. The Hall–Kier alpha value is -10.4. The first kappa shape index (κ1) is 53.6. The zero-order chi connectivity index (χ0) is 60.5. The molecular formula is C85H69N5O. The zero-order valence-electron chi connectivity index (χ0n) is 51.6. The molecule has 0 saturated heterocycles. The van der Waals surface area contributed by atoms with E-state index >= 15 is 0 Å². The van der Waals surface area contributed by atoms with Crippen LogP contribution in [0.1, 0.15) is 59.9 Å². The largest absolute Gasteiger partial charge is 0.457 e. The molecule has 4 fully saturated rings. The van der Waals surface area contributed by atoms with Gasteiger partial charge in [0.15, 0.2) is 0 Å². The third-order valence-electron chi connectivity index (χ3n) is 21.3. The Kier molecular flexibility index (Phi) is 12.4. The van der Waals surface area contributed by atoms with Gasteiger partial charge in [-0.3, -0.25) is 4.57 Å². The van der Waals surface area contributed by atoms with Crippen molar-refractivity contribution in [1.29, 1.82) is 0 Å². The number of aryl methyl sites for hydroxylation is 3. The van der Waals surface area contributed by atoms with Gasteiger partial charge in [0, 0.05) is 67.8 Å². The van der Waals surface area contributed by atoms with E-state index in [0.717, 1.165) is 62.8 Å². The number of nitrogens with zero attached hydrogens (tertiary/aromatic N) is 5. The summed E-state index contributed by atoms with van der Waals surface area (Å²) in [5, 5.41) is 4.93. The van der Waals surface area contributed by atoms with Crippen LogP contribution in [0.4, 0.5) is 22.7 Å². The lowest BCUT2D eigenvalue weighted by atomic mass is 9.42. The lowest BCUT2D eigenvalue weighted by Crippen LogP contribution is -2.56. The van der Waals surface area contributed by atoms with E-state index in [0.29, 0.717) is 18.5 Å². The SMILES string of the molecule is Cc1cc(C)c(-c2cc(Oc3ccc4c5ccccc5n(-c5cc(C6(c7ccc(-n8c9ccccc9c9ccccc98)cc7)C7CC8CC(C7)CC6C8)ccn5)c4c3)cc(N3CN(c4c(-c5ccccc5)cccc4-c4ccccc4)c4ccccc43)c2)c(C)c1. The predicted molar refractivity (Wildman–Crippen MR) is 376 cm³/mol. The van der Waals surface area contributed by atoms with Crippen LogP contribution >= 0.6 is 0 Å². The molecule has 11 aromatic carbocycles. The number of hydrogen-bond acceptors (Lipinski definition) is 4. The number of pyridine rings is 1. The van der Waals surface area contributed by atoms with Gasteiger partial charge in [-0.2, -0.15) is 0 Å². The highest BCUT2D eigenvalue weighted by Gasteiger charge is 2.58. The van der Waals surface area contributed by atoms with Gasteiger partial charge in [0.05, 0.1) is 39.1 Å². The topological polar surface area (TPSA) is 38.5 Å². The molecule has 0 radical (unpaired) electrons. The first-order valence-electron chi connectivity index (χ1n) is 32.7. The van der Waals surface area contributed by atoms with Gasteiger partial charge in [0.2, 0.25) is 0 Å². The van der Waals surface area contributed by atoms with Crippen LogP contribution in [0.3, 0.4) is 0 Å². The van der Waals surface area contributed by atoms with Crippen LogP contribution in [0.15, 0.2) is 267 Å². The third-order valence-corrected chi connectivity index (χ3v) is 21.3. The lowest BCUT2D eigenvalue weighted by molar-refractivity contribution is -0.0418. The van der Waals surface area contributed by atoms with Crippen LogP contribution in [-0.4, -0.2) is 20.8 Å². The molecule has 6 heteroatoms. The fourth-order valence-electron chi connectivity index (χ4n) is 18.1. The number of anilines is 4. The molecule has 4 aliphatic carbocycles. The summed E-state index contributed by atoms with van der Waals surface area (Å²) in [7, 11) is 0. The van der Waals surface area contributed by atoms with Crippen LogP contribution < -0.4 is 14.5 Å².